The number of hydrogen-bond donors (Lipinski definition) is 2. The minimum absolute atomic E-state index is 0.357. The molecule has 3 aromatic rings. The highest BCUT2D eigenvalue weighted by atomic mass is 19.3. The van der Waals surface area contributed by atoms with Crippen molar-refractivity contribution in [1.29, 1.82) is 0 Å². The number of imidazole rings is 1. The fourth-order valence-corrected chi connectivity index (χ4v) is 4.32. The Bertz CT molecular complexity index is 1070. The van der Waals surface area contributed by atoms with Crippen molar-refractivity contribution in [1.82, 2.24) is 19.7 Å². The Balaban J connectivity index is 1.44. The molecule has 2 aliphatic rings. The van der Waals surface area contributed by atoms with Gasteiger partial charge in [-0.2, -0.15) is 0 Å². The van der Waals surface area contributed by atoms with E-state index in [0.717, 1.165) is 55.0 Å². The second kappa shape index (κ2) is 8.42. The Morgan fingerprint density at radius 3 is 2.94 bits per heavy atom. The van der Waals surface area contributed by atoms with Crippen molar-refractivity contribution in [2.24, 2.45) is 0 Å². The zero-order chi connectivity index (χ0) is 21.4. The maximum absolute atomic E-state index is 12.7. The highest BCUT2D eigenvalue weighted by Crippen LogP contribution is 2.45. The molecule has 4 heterocycles. The maximum Gasteiger partial charge on any atom is 0.272 e. The molecule has 164 valence electrons. The van der Waals surface area contributed by atoms with Crippen LogP contribution in [0.3, 0.4) is 0 Å². The van der Waals surface area contributed by atoms with Gasteiger partial charge in [0.05, 0.1) is 17.6 Å². The largest absolute Gasteiger partial charge is 0.487 e. The van der Waals surface area contributed by atoms with Crippen molar-refractivity contribution in [2.45, 2.75) is 57.0 Å². The van der Waals surface area contributed by atoms with Crippen molar-refractivity contribution in [3.05, 3.63) is 42.2 Å². The number of halogens is 2. The lowest BCUT2D eigenvalue weighted by atomic mass is 10.0. The van der Waals surface area contributed by atoms with E-state index >= 15 is 0 Å². The van der Waals surface area contributed by atoms with Crippen LogP contribution in [0, 0.1) is 0 Å². The minimum atomic E-state index is -2.50. The lowest BCUT2D eigenvalue weighted by molar-refractivity contribution is 0.0814. The van der Waals surface area contributed by atoms with Gasteiger partial charge < -0.3 is 15.4 Å². The van der Waals surface area contributed by atoms with Gasteiger partial charge in [-0.25, -0.2) is 18.7 Å². The summed E-state index contributed by atoms with van der Waals surface area (Å²) in [5.74, 6) is 1.72. The van der Waals surface area contributed by atoms with E-state index in [1.54, 1.807) is 12.3 Å². The molecule has 3 aromatic heterocycles. The second-order valence-corrected chi connectivity index (χ2v) is 8.57. The van der Waals surface area contributed by atoms with E-state index in [-0.39, 0.29) is 0 Å². The average molecular weight is 427 g/mol. The number of hydrogen-bond acceptors (Lipinski definition) is 5. The van der Waals surface area contributed by atoms with Gasteiger partial charge >= 0.3 is 0 Å². The highest BCUT2D eigenvalue weighted by molar-refractivity contribution is 5.64. The molecule has 0 spiro atoms. The topological polar surface area (TPSA) is 63.5 Å². The molecule has 0 unspecified atom stereocenters. The molecule has 0 radical (unpaired) electrons. The van der Waals surface area contributed by atoms with Gasteiger partial charge in [0, 0.05) is 29.9 Å². The number of anilines is 1. The normalized spacial score (nSPS) is 21.5. The van der Waals surface area contributed by atoms with Crippen LogP contribution in [0.2, 0.25) is 0 Å². The standard InChI is InChI=1S/C23H27F2N5O/c1-14-9-16(7-8-26-14)28-22-4-2-3-18(29-22)19-11-27-23-10-20(31-13-21(24)25)17(12-30(19)23)15-5-6-15/h2-4,10-12,14-16,21,26H,5-9,13H2,1H3,(H,28,29)/t14-,16-/m0/s1. The smallest absolute Gasteiger partial charge is 0.272 e. The van der Waals surface area contributed by atoms with E-state index in [2.05, 4.69) is 22.5 Å². The molecule has 0 amide bonds. The summed E-state index contributed by atoms with van der Waals surface area (Å²) in [6, 6.07) is 8.62. The Morgan fingerprint density at radius 1 is 1.29 bits per heavy atom. The van der Waals surface area contributed by atoms with Crippen LogP contribution in [0.4, 0.5) is 14.6 Å². The van der Waals surface area contributed by atoms with E-state index in [9.17, 15) is 8.78 Å². The van der Waals surface area contributed by atoms with Crippen LogP contribution in [0.25, 0.3) is 17.0 Å². The summed E-state index contributed by atoms with van der Waals surface area (Å²) >= 11 is 0. The number of ether oxygens (including phenoxy) is 1. The molecule has 0 bridgehead atoms. The monoisotopic (exact) mass is 427 g/mol. The van der Waals surface area contributed by atoms with Crippen molar-refractivity contribution in [2.75, 3.05) is 18.5 Å². The maximum atomic E-state index is 12.7. The molecule has 31 heavy (non-hydrogen) atoms. The van der Waals surface area contributed by atoms with Crippen LogP contribution in [0.1, 0.15) is 44.1 Å². The number of alkyl halides is 2. The van der Waals surface area contributed by atoms with Crippen molar-refractivity contribution < 1.29 is 13.5 Å². The number of nitrogens with one attached hydrogen (secondary N) is 2. The van der Waals surface area contributed by atoms with Gasteiger partial charge in [0.15, 0.2) is 0 Å². The summed E-state index contributed by atoms with van der Waals surface area (Å²) < 4.78 is 32.7. The molecule has 0 aromatic carbocycles. The first-order valence-corrected chi connectivity index (χ1v) is 11.0. The predicted octanol–water partition coefficient (Wildman–Crippen LogP) is 4.47. The molecule has 5 rings (SSSR count). The fourth-order valence-electron chi connectivity index (χ4n) is 4.32. The van der Waals surface area contributed by atoms with Gasteiger partial charge in [0.2, 0.25) is 0 Å². The summed E-state index contributed by atoms with van der Waals surface area (Å²) in [6.07, 6.45) is 5.49. The summed E-state index contributed by atoms with van der Waals surface area (Å²) in [7, 11) is 0. The van der Waals surface area contributed by atoms with E-state index in [1.807, 2.05) is 28.8 Å². The molecule has 1 saturated heterocycles. The third kappa shape index (κ3) is 4.49. The molecule has 1 saturated carbocycles. The number of nitrogens with zero attached hydrogens (tertiary/aromatic N) is 3. The van der Waals surface area contributed by atoms with Gasteiger partial charge in [-0.3, -0.25) is 4.40 Å². The van der Waals surface area contributed by atoms with E-state index < -0.39 is 13.0 Å². The molecule has 2 atom stereocenters. The Kier molecular flexibility index (Phi) is 5.48. The van der Waals surface area contributed by atoms with Crippen LogP contribution < -0.4 is 15.4 Å². The molecule has 2 N–H and O–H groups in total. The molecular weight excluding hydrogens is 400 g/mol. The van der Waals surface area contributed by atoms with Gasteiger partial charge in [-0.15, -0.1) is 0 Å². The number of rotatable bonds is 7. The first-order chi connectivity index (χ1) is 15.1. The average Bonchev–Trinajstić information content (AvgIpc) is 3.51. The lowest BCUT2D eigenvalue weighted by Gasteiger charge is -2.29. The first-order valence-electron chi connectivity index (χ1n) is 11.0. The Labute approximate surface area is 180 Å². The summed E-state index contributed by atoms with van der Waals surface area (Å²) in [6.45, 7) is 2.60. The van der Waals surface area contributed by atoms with Crippen LogP contribution in [-0.2, 0) is 0 Å². The molecule has 6 nitrogen and oxygen atoms in total. The molecule has 8 heteroatoms. The zero-order valence-corrected chi connectivity index (χ0v) is 17.5. The van der Waals surface area contributed by atoms with Gasteiger partial charge in [-0.1, -0.05) is 6.07 Å². The van der Waals surface area contributed by atoms with Crippen molar-refractivity contribution in [3.8, 4) is 17.1 Å². The lowest BCUT2D eigenvalue weighted by Crippen LogP contribution is -2.41. The van der Waals surface area contributed by atoms with Crippen LogP contribution in [0.15, 0.2) is 36.7 Å². The number of pyridine rings is 2. The molecule has 2 fully saturated rings. The quantitative estimate of drug-likeness (QED) is 0.583. The third-order valence-corrected chi connectivity index (χ3v) is 6.01. The Morgan fingerprint density at radius 2 is 2.16 bits per heavy atom. The van der Waals surface area contributed by atoms with E-state index in [4.69, 9.17) is 9.72 Å². The zero-order valence-electron chi connectivity index (χ0n) is 17.5. The van der Waals surface area contributed by atoms with Crippen molar-refractivity contribution in [3.63, 3.8) is 0 Å². The summed E-state index contributed by atoms with van der Waals surface area (Å²) in [4.78, 5) is 9.32. The van der Waals surface area contributed by atoms with E-state index in [1.165, 1.54) is 0 Å². The van der Waals surface area contributed by atoms with Gasteiger partial charge in [-0.05, 0) is 57.2 Å². The summed E-state index contributed by atoms with van der Waals surface area (Å²) in [5, 5.41) is 7.03. The summed E-state index contributed by atoms with van der Waals surface area (Å²) in [5.41, 5.74) is 3.32. The highest BCUT2D eigenvalue weighted by Gasteiger charge is 2.28. The predicted molar refractivity (Wildman–Crippen MR) is 116 cm³/mol. The molecular formula is C23H27F2N5O. The second-order valence-electron chi connectivity index (χ2n) is 8.57. The van der Waals surface area contributed by atoms with E-state index in [0.29, 0.717) is 29.4 Å². The number of piperidine rings is 1. The first kappa shape index (κ1) is 20.2. The van der Waals surface area contributed by atoms with Crippen LogP contribution >= 0.6 is 0 Å². The number of fused-ring (bicyclic) bond motifs is 1. The van der Waals surface area contributed by atoms with Gasteiger partial charge in [0.1, 0.15) is 23.8 Å². The Hall–Kier alpha value is -2.74. The minimum Gasteiger partial charge on any atom is -0.487 e. The SMILES string of the molecule is C[C@H]1C[C@@H](Nc2cccc(-c3cnc4cc(OCC(F)F)c(C5CC5)cn34)n2)CCN1. The van der Waals surface area contributed by atoms with Crippen LogP contribution in [0.5, 0.6) is 5.75 Å². The third-order valence-electron chi connectivity index (χ3n) is 6.01. The van der Waals surface area contributed by atoms with Gasteiger partial charge in [0.25, 0.3) is 6.43 Å². The van der Waals surface area contributed by atoms with Crippen LogP contribution in [-0.4, -0.2) is 46.0 Å². The molecule has 1 aliphatic heterocycles. The molecule has 1 aliphatic carbocycles. The van der Waals surface area contributed by atoms with Crippen molar-refractivity contribution >= 4 is 11.5 Å². The fraction of sp³-hybridized carbons (Fsp3) is 0.478. The number of aromatic nitrogens is 3.